The van der Waals surface area contributed by atoms with Gasteiger partial charge in [-0.05, 0) is 30.5 Å². The van der Waals surface area contributed by atoms with Gasteiger partial charge in [0, 0.05) is 34.1 Å². The van der Waals surface area contributed by atoms with Crippen LogP contribution in [0.1, 0.15) is 34.5 Å². The van der Waals surface area contributed by atoms with Crippen LogP contribution in [0.4, 0.5) is 0 Å². The summed E-state index contributed by atoms with van der Waals surface area (Å²) in [5.74, 6) is 1.23. The highest BCUT2D eigenvalue weighted by molar-refractivity contribution is 7.10. The van der Waals surface area contributed by atoms with E-state index < -0.39 is 0 Å². The second kappa shape index (κ2) is 4.71. The van der Waals surface area contributed by atoms with Crippen LogP contribution >= 0.6 is 11.3 Å². The van der Waals surface area contributed by atoms with Crippen LogP contribution < -0.4 is 10.5 Å². The van der Waals surface area contributed by atoms with E-state index in [2.05, 4.69) is 11.1 Å². The molecule has 0 aromatic carbocycles. The van der Waals surface area contributed by atoms with Gasteiger partial charge in [0.05, 0.1) is 7.11 Å². The van der Waals surface area contributed by atoms with Gasteiger partial charge in [0.25, 0.3) is 0 Å². The maximum absolute atomic E-state index is 6.40. The van der Waals surface area contributed by atoms with E-state index in [1.54, 1.807) is 18.4 Å². The third-order valence-corrected chi connectivity index (χ3v) is 4.61. The number of methoxy groups -OCH3 is 1. The molecule has 2 aromatic rings. The summed E-state index contributed by atoms with van der Waals surface area (Å²) in [4.78, 5) is 5.68. The second-order valence-electron chi connectivity index (χ2n) is 4.61. The van der Waals surface area contributed by atoms with Gasteiger partial charge in [0.2, 0.25) is 0 Å². The van der Waals surface area contributed by atoms with Crippen LogP contribution in [0, 0.1) is 0 Å². The summed E-state index contributed by atoms with van der Waals surface area (Å²) < 4.78 is 5.22. The van der Waals surface area contributed by atoms with Gasteiger partial charge in [0.1, 0.15) is 5.75 Å². The molecule has 0 bridgehead atoms. The number of aromatic nitrogens is 1. The molecule has 0 amide bonds. The number of pyridine rings is 1. The third kappa shape index (κ3) is 1.91. The zero-order valence-electron chi connectivity index (χ0n) is 10.3. The summed E-state index contributed by atoms with van der Waals surface area (Å²) in [7, 11) is 1.68. The summed E-state index contributed by atoms with van der Waals surface area (Å²) in [6, 6.07) is 6.22. The van der Waals surface area contributed by atoms with Crippen molar-refractivity contribution in [3.05, 3.63) is 45.9 Å². The Morgan fingerprint density at radius 2 is 2.44 bits per heavy atom. The Morgan fingerprint density at radius 3 is 3.22 bits per heavy atom. The molecule has 0 spiro atoms. The molecule has 4 heteroatoms. The fourth-order valence-corrected chi connectivity index (χ4v) is 3.53. The SMILES string of the molecule is COc1csc(C(N)C2CCc3cccnc32)c1. The summed E-state index contributed by atoms with van der Waals surface area (Å²) in [6.07, 6.45) is 4.04. The van der Waals surface area contributed by atoms with E-state index in [1.807, 2.05) is 23.7 Å². The molecule has 2 atom stereocenters. The lowest BCUT2D eigenvalue weighted by Gasteiger charge is -2.17. The predicted octanol–water partition coefficient (Wildman–Crippen LogP) is 2.88. The van der Waals surface area contributed by atoms with Gasteiger partial charge >= 0.3 is 0 Å². The minimum absolute atomic E-state index is 0.0232. The van der Waals surface area contributed by atoms with Crippen LogP contribution in [0.2, 0.25) is 0 Å². The molecule has 0 aliphatic heterocycles. The van der Waals surface area contributed by atoms with E-state index >= 15 is 0 Å². The van der Waals surface area contributed by atoms with Gasteiger partial charge < -0.3 is 10.5 Å². The van der Waals surface area contributed by atoms with Crippen molar-refractivity contribution in [2.75, 3.05) is 7.11 Å². The first-order valence-electron chi connectivity index (χ1n) is 6.11. The molecular formula is C14H16N2OS. The smallest absolute Gasteiger partial charge is 0.129 e. The van der Waals surface area contributed by atoms with E-state index in [1.165, 1.54) is 16.1 Å². The van der Waals surface area contributed by atoms with Crippen molar-refractivity contribution in [1.82, 2.24) is 4.98 Å². The average molecular weight is 260 g/mol. The van der Waals surface area contributed by atoms with Gasteiger partial charge in [-0.1, -0.05) is 6.07 Å². The summed E-state index contributed by atoms with van der Waals surface area (Å²) in [5, 5.41) is 2.00. The van der Waals surface area contributed by atoms with Crippen LogP contribution in [-0.2, 0) is 6.42 Å². The minimum atomic E-state index is 0.0232. The molecule has 0 radical (unpaired) electrons. The van der Waals surface area contributed by atoms with E-state index in [0.717, 1.165) is 18.6 Å². The highest BCUT2D eigenvalue weighted by atomic mass is 32.1. The van der Waals surface area contributed by atoms with Crippen molar-refractivity contribution >= 4 is 11.3 Å². The third-order valence-electron chi connectivity index (χ3n) is 3.60. The topological polar surface area (TPSA) is 48.1 Å². The first-order valence-corrected chi connectivity index (χ1v) is 6.99. The van der Waals surface area contributed by atoms with Crippen LogP contribution in [0.3, 0.4) is 0 Å². The number of nitrogens with two attached hydrogens (primary N) is 1. The number of thiophene rings is 1. The lowest BCUT2D eigenvalue weighted by atomic mass is 9.96. The summed E-state index contributed by atoms with van der Waals surface area (Å²) in [6.45, 7) is 0. The molecule has 3 nitrogen and oxygen atoms in total. The van der Waals surface area contributed by atoms with E-state index in [4.69, 9.17) is 10.5 Å². The highest BCUT2D eigenvalue weighted by Gasteiger charge is 2.30. The zero-order chi connectivity index (χ0) is 12.5. The normalized spacial score (nSPS) is 19.6. The summed E-state index contributed by atoms with van der Waals surface area (Å²) >= 11 is 1.67. The molecule has 0 fully saturated rings. The van der Waals surface area contributed by atoms with E-state index in [-0.39, 0.29) is 6.04 Å². The Balaban J connectivity index is 1.88. The molecule has 1 aliphatic rings. The summed E-state index contributed by atoms with van der Waals surface area (Å²) in [5.41, 5.74) is 8.92. The number of aryl methyl sites for hydroxylation is 1. The molecule has 2 unspecified atom stereocenters. The van der Waals surface area contributed by atoms with Crippen LogP contribution in [0.25, 0.3) is 0 Å². The Bertz CT molecular complexity index is 552. The van der Waals surface area contributed by atoms with Crippen LogP contribution in [0.5, 0.6) is 5.75 Å². The van der Waals surface area contributed by atoms with Crippen molar-refractivity contribution in [2.45, 2.75) is 24.8 Å². The fourth-order valence-electron chi connectivity index (χ4n) is 2.61. The quantitative estimate of drug-likeness (QED) is 0.923. The Morgan fingerprint density at radius 1 is 1.56 bits per heavy atom. The number of hydrogen-bond donors (Lipinski definition) is 1. The van der Waals surface area contributed by atoms with Gasteiger partial charge in [-0.25, -0.2) is 0 Å². The molecule has 3 rings (SSSR count). The molecule has 94 valence electrons. The van der Waals surface area contributed by atoms with Crippen molar-refractivity contribution < 1.29 is 4.74 Å². The predicted molar refractivity (Wildman–Crippen MR) is 73.1 cm³/mol. The Labute approximate surface area is 111 Å². The molecule has 2 N–H and O–H groups in total. The highest BCUT2D eigenvalue weighted by Crippen LogP contribution is 2.41. The van der Waals surface area contributed by atoms with Crippen LogP contribution in [-0.4, -0.2) is 12.1 Å². The lowest BCUT2D eigenvalue weighted by molar-refractivity contribution is 0.416. The van der Waals surface area contributed by atoms with Crippen molar-refractivity contribution in [3.63, 3.8) is 0 Å². The van der Waals surface area contributed by atoms with Gasteiger partial charge in [0.15, 0.2) is 0 Å². The first-order chi connectivity index (χ1) is 8.79. The van der Waals surface area contributed by atoms with Crippen LogP contribution in [0.15, 0.2) is 29.8 Å². The second-order valence-corrected chi connectivity index (χ2v) is 5.55. The monoisotopic (exact) mass is 260 g/mol. The molecule has 1 aliphatic carbocycles. The molecule has 2 heterocycles. The molecule has 2 aromatic heterocycles. The van der Waals surface area contributed by atoms with Crippen molar-refractivity contribution in [2.24, 2.45) is 5.73 Å². The lowest BCUT2D eigenvalue weighted by Crippen LogP contribution is -2.17. The standard InChI is InChI=1S/C14H16N2OS/c1-17-10-7-12(18-8-10)13(15)11-5-4-9-3-2-6-16-14(9)11/h2-3,6-8,11,13H,4-5,15H2,1H3. The number of hydrogen-bond acceptors (Lipinski definition) is 4. The average Bonchev–Trinajstić information content (AvgIpc) is 3.04. The van der Waals surface area contributed by atoms with E-state index in [0.29, 0.717) is 5.92 Å². The largest absolute Gasteiger partial charge is 0.496 e. The molecule has 18 heavy (non-hydrogen) atoms. The maximum Gasteiger partial charge on any atom is 0.129 e. The van der Waals surface area contributed by atoms with Gasteiger partial charge in [-0.15, -0.1) is 11.3 Å². The minimum Gasteiger partial charge on any atom is -0.496 e. The van der Waals surface area contributed by atoms with Gasteiger partial charge in [-0.2, -0.15) is 0 Å². The Hall–Kier alpha value is -1.39. The van der Waals surface area contributed by atoms with Crippen molar-refractivity contribution in [3.8, 4) is 5.75 Å². The Kier molecular flexibility index (Phi) is 3.06. The van der Waals surface area contributed by atoms with Crippen molar-refractivity contribution in [1.29, 1.82) is 0 Å². The fraction of sp³-hybridized carbons (Fsp3) is 0.357. The van der Waals surface area contributed by atoms with Gasteiger partial charge in [-0.3, -0.25) is 4.98 Å². The molecule has 0 saturated carbocycles. The number of ether oxygens (including phenoxy) is 1. The number of fused-ring (bicyclic) bond motifs is 1. The maximum atomic E-state index is 6.40. The number of rotatable bonds is 3. The zero-order valence-corrected chi connectivity index (χ0v) is 11.1. The first kappa shape index (κ1) is 11.7. The molecular weight excluding hydrogens is 244 g/mol. The molecule has 0 saturated heterocycles. The number of nitrogens with zero attached hydrogens (tertiary/aromatic N) is 1. The van der Waals surface area contributed by atoms with E-state index in [9.17, 15) is 0 Å².